The fourth-order valence-electron chi connectivity index (χ4n) is 4.09. The van der Waals surface area contributed by atoms with Gasteiger partial charge in [-0.1, -0.05) is 6.07 Å². The molecule has 0 spiro atoms. The fourth-order valence-corrected chi connectivity index (χ4v) is 4.09. The van der Waals surface area contributed by atoms with Gasteiger partial charge in [0, 0.05) is 44.5 Å². The molecule has 0 radical (unpaired) electrons. The maximum absolute atomic E-state index is 14.0. The number of carbonyl (C=O) groups excluding carboxylic acids is 2. The van der Waals surface area contributed by atoms with Gasteiger partial charge in [0.05, 0.1) is 24.6 Å². The molecule has 0 aliphatic carbocycles. The molecule has 0 bridgehead atoms. The Hall–Kier alpha value is -3.99. The minimum absolute atomic E-state index is 0.0716. The molecule has 1 N–H and O–H groups in total. The summed E-state index contributed by atoms with van der Waals surface area (Å²) < 4.78 is 38.6. The van der Waals surface area contributed by atoms with E-state index in [1.165, 1.54) is 34.4 Å². The third kappa shape index (κ3) is 5.15. The number of pyridine rings is 1. The largest absolute Gasteiger partial charge is 0.502 e. The van der Waals surface area contributed by atoms with Crippen molar-refractivity contribution in [1.82, 2.24) is 9.58 Å². The van der Waals surface area contributed by atoms with Crippen LogP contribution in [0.3, 0.4) is 0 Å². The van der Waals surface area contributed by atoms with E-state index in [1.54, 1.807) is 18.2 Å². The van der Waals surface area contributed by atoms with Gasteiger partial charge in [0.1, 0.15) is 18.3 Å². The van der Waals surface area contributed by atoms with Crippen molar-refractivity contribution >= 4 is 11.7 Å². The van der Waals surface area contributed by atoms with Crippen LogP contribution < -0.4 is 10.4 Å². The molecule has 0 unspecified atom stereocenters. The smallest absolute Gasteiger partial charge is 0.277 e. The second-order valence-corrected chi connectivity index (χ2v) is 8.43. The zero-order valence-corrected chi connectivity index (χ0v) is 19.6. The van der Waals surface area contributed by atoms with Crippen LogP contribution in [0.15, 0.2) is 52.2 Å². The first kappa shape index (κ1) is 25.1. The Morgan fingerprint density at radius 1 is 1.22 bits per heavy atom. The predicted octanol–water partition coefficient (Wildman–Crippen LogP) is 2.83. The molecule has 0 atom stereocenters. The minimum atomic E-state index is -0.985. The number of furan rings is 1. The van der Waals surface area contributed by atoms with E-state index in [0.29, 0.717) is 19.6 Å². The van der Waals surface area contributed by atoms with Gasteiger partial charge in [-0.05, 0) is 30.5 Å². The van der Waals surface area contributed by atoms with Gasteiger partial charge in [-0.3, -0.25) is 24.1 Å². The maximum atomic E-state index is 14.0. The van der Waals surface area contributed by atoms with Gasteiger partial charge in [-0.15, -0.1) is 0 Å². The number of hydrogen-bond donors (Lipinski definition) is 1. The molecule has 3 heterocycles. The van der Waals surface area contributed by atoms with Crippen LogP contribution in [0.25, 0.3) is 0 Å². The molecule has 1 aromatic carbocycles. The second kappa shape index (κ2) is 10.7. The molecule has 190 valence electrons. The molecule has 9 nitrogen and oxygen atoms in total. The van der Waals surface area contributed by atoms with Crippen LogP contribution in [0.2, 0.25) is 0 Å². The molecular weight excluding hydrogens is 476 g/mol. The first-order valence-electron chi connectivity index (χ1n) is 11.3. The van der Waals surface area contributed by atoms with Gasteiger partial charge in [0.2, 0.25) is 5.43 Å². The summed E-state index contributed by atoms with van der Waals surface area (Å²) in [5.41, 5.74) is -0.688. The van der Waals surface area contributed by atoms with Crippen molar-refractivity contribution in [1.29, 1.82) is 0 Å². The molecule has 36 heavy (non-hydrogen) atoms. The molecule has 0 saturated carbocycles. The highest BCUT2D eigenvalue weighted by atomic mass is 19.1. The normalized spacial score (nSPS) is 13.2. The lowest BCUT2D eigenvalue weighted by molar-refractivity contribution is 0.0663. The van der Waals surface area contributed by atoms with E-state index < -0.39 is 34.5 Å². The molecule has 0 fully saturated rings. The molecule has 11 heteroatoms. The number of ketones is 1. The number of aromatic hydroxyl groups is 1. The number of rotatable bonds is 10. The van der Waals surface area contributed by atoms with Crippen molar-refractivity contribution in [3.05, 3.63) is 87.2 Å². The Kier molecular flexibility index (Phi) is 7.49. The number of ether oxygens (including phenoxy) is 1. The summed E-state index contributed by atoms with van der Waals surface area (Å²) in [7, 11) is 1.55. The Morgan fingerprint density at radius 2 is 2.03 bits per heavy atom. The van der Waals surface area contributed by atoms with Gasteiger partial charge in [0.15, 0.2) is 17.2 Å². The third-order valence-electron chi connectivity index (χ3n) is 5.95. The number of fused-ring (bicyclic) bond motifs is 1. The van der Waals surface area contributed by atoms with Crippen LogP contribution in [-0.4, -0.2) is 53.3 Å². The Bertz CT molecular complexity index is 1320. The average Bonchev–Trinajstić information content (AvgIpc) is 3.36. The summed E-state index contributed by atoms with van der Waals surface area (Å²) >= 11 is 0. The van der Waals surface area contributed by atoms with Crippen LogP contribution in [0, 0.1) is 11.6 Å². The molecule has 1 amide bonds. The highest BCUT2D eigenvalue weighted by Crippen LogP contribution is 2.24. The number of benzene rings is 1. The summed E-state index contributed by atoms with van der Waals surface area (Å²) in [6, 6.07) is 4.77. The van der Waals surface area contributed by atoms with Crippen LogP contribution in [0.4, 0.5) is 8.78 Å². The van der Waals surface area contributed by atoms with Crippen molar-refractivity contribution in [2.75, 3.05) is 31.9 Å². The average molecular weight is 501 g/mol. The van der Waals surface area contributed by atoms with E-state index in [1.807, 2.05) is 0 Å². The van der Waals surface area contributed by atoms with Gasteiger partial charge in [0.25, 0.3) is 5.91 Å². The summed E-state index contributed by atoms with van der Waals surface area (Å²) in [6.07, 6.45) is 4.47. The number of carbonyl (C=O) groups is 2. The Labute approximate surface area is 205 Å². The van der Waals surface area contributed by atoms with Crippen molar-refractivity contribution < 1.29 is 32.6 Å². The summed E-state index contributed by atoms with van der Waals surface area (Å²) in [5, 5.41) is 12.4. The Morgan fingerprint density at radius 3 is 2.72 bits per heavy atom. The topological polar surface area (TPSA) is 105 Å². The fraction of sp³-hybridized carbons (Fsp3) is 0.320. The van der Waals surface area contributed by atoms with E-state index in [0.717, 1.165) is 17.7 Å². The van der Waals surface area contributed by atoms with Crippen LogP contribution in [0.1, 0.15) is 44.8 Å². The summed E-state index contributed by atoms with van der Waals surface area (Å²) in [4.78, 5) is 40.5. The summed E-state index contributed by atoms with van der Waals surface area (Å²) in [5.74, 6) is -3.58. The van der Waals surface area contributed by atoms with Crippen molar-refractivity contribution in [3.8, 4) is 5.75 Å². The van der Waals surface area contributed by atoms with Gasteiger partial charge >= 0.3 is 0 Å². The molecule has 0 saturated heterocycles. The highest BCUT2D eigenvalue weighted by Gasteiger charge is 2.34. The van der Waals surface area contributed by atoms with Crippen molar-refractivity contribution in [3.63, 3.8) is 0 Å². The SMILES string of the molecule is COCCCN1CN(Cc2ccoc2)n2cc(C(=O)CCc3ccc(F)cc3F)c(=O)c(O)c2C1=O. The van der Waals surface area contributed by atoms with Gasteiger partial charge in [-0.25, -0.2) is 8.78 Å². The van der Waals surface area contributed by atoms with E-state index in [9.17, 15) is 28.3 Å². The first-order valence-corrected chi connectivity index (χ1v) is 11.3. The lowest BCUT2D eigenvalue weighted by atomic mass is 10.0. The molecular formula is C25H25F2N3O6. The van der Waals surface area contributed by atoms with Crippen LogP contribution >= 0.6 is 0 Å². The standard InChI is InChI=1S/C25H25F2N3O6/c1-35-9-2-8-28-15-29(12-16-7-10-36-14-16)30-13-19(23(32)24(33)22(30)25(28)34)21(31)6-4-17-3-5-18(26)11-20(17)27/h3,5,7,10-11,13-14,33H,2,4,6,8-9,12,15H2,1H3. The molecule has 1 aliphatic rings. The second-order valence-electron chi connectivity index (χ2n) is 8.43. The number of nitrogens with zero attached hydrogens (tertiary/aromatic N) is 3. The van der Waals surface area contributed by atoms with E-state index in [2.05, 4.69) is 0 Å². The predicted molar refractivity (Wildman–Crippen MR) is 124 cm³/mol. The molecule has 2 aromatic heterocycles. The number of amides is 1. The number of aryl methyl sites for hydroxylation is 1. The lowest BCUT2D eigenvalue weighted by Gasteiger charge is -2.39. The van der Waals surface area contributed by atoms with Crippen LogP contribution in [0.5, 0.6) is 5.75 Å². The van der Waals surface area contributed by atoms with Crippen molar-refractivity contribution in [2.24, 2.45) is 0 Å². The highest BCUT2D eigenvalue weighted by molar-refractivity contribution is 6.00. The number of Topliss-reactive ketones (excluding diaryl/α,β-unsaturated/α-hetero) is 1. The minimum Gasteiger partial charge on any atom is -0.502 e. The van der Waals surface area contributed by atoms with E-state index in [-0.39, 0.29) is 42.9 Å². The molecule has 3 aromatic rings. The first-order chi connectivity index (χ1) is 17.3. The molecule has 1 aliphatic heterocycles. The third-order valence-corrected chi connectivity index (χ3v) is 5.95. The monoisotopic (exact) mass is 501 g/mol. The molecule has 4 rings (SSSR count). The maximum Gasteiger partial charge on any atom is 0.277 e. The number of hydrogen-bond acceptors (Lipinski definition) is 7. The van der Waals surface area contributed by atoms with Crippen LogP contribution in [-0.2, 0) is 17.7 Å². The zero-order chi connectivity index (χ0) is 25.8. The van der Waals surface area contributed by atoms with Gasteiger partial charge in [-0.2, -0.15) is 0 Å². The Balaban J connectivity index is 1.66. The van der Waals surface area contributed by atoms with E-state index >= 15 is 0 Å². The van der Waals surface area contributed by atoms with Crippen molar-refractivity contribution in [2.45, 2.75) is 25.8 Å². The zero-order valence-electron chi connectivity index (χ0n) is 19.6. The quantitative estimate of drug-likeness (QED) is 0.336. The lowest BCUT2D eigenvalue weighted by Crippen LogP contribution is -2.54. The van der Waals surface area contributed by atoms with E-state index in [4.69, 9.17) is 9.15 Å². The number of halogens is 2. The summed E-state index contributed by atoms with van der Waals surface area (Å²) in [6.45, 7) is 1.13. The number of methoxy groups -OCH3 is 1. The van der Waals surface area contributed by atoms with Gasteiger partial charge < -0.3 is 19.2 Å². The number of aromatic nitrogens is 1.